The molecule has 0 fully saturated rings. The molecule has 0 radical (unpaired) electrons. The molecule has 3 rings (SSSR count). The van der Waals surface area contributed by atoms with Gasteiger partial charge in [0.05, 0.1) is 11.3 Å². The van der Waals surface area contributed by atoms with Gasteiger partial charge in [0.1, 0.15) is 0 Å². The van der Waals surface area contributed by atoms with Crippen molar-refractivity contribution in [2.75, 3.05) is 0 Å². The number of rotatable bonds is 4. The molecule has 0 atom stereocenters. The van der Waals surface area contributed by atoms with Crippen LogP contribution in [0.15, 0.2) is 48.5 Å². The lowest BCUT2D eigenvalue weighted by Gasteiger charge is -2.08. The number of carbonyl (C=O) groups is 2. The fourth-order valence-electron chi connectivity index (χ4n) is 2.83. The molecule has 0 aliphatic heterocycles. The minimum atomic E-state index is -0.279. The van der Waals surface area contributed by atoms with Crippen molar-refractivity contribution in [2.45, 2.75) is 26.7 Å². The Bertz CT molecular complexity index is 925. The number of hydrogen-bond donors (Lipinski definition) is 2. The van der Waals surface area contributed by atoms with Gasteiger partial charge in [-0.15, -0.1) is 11.3 Å². The molecule has 2 N–H and O–H groups in total. The summed E-state index contributed by atoms with van der Waals surface area (Å²) in [4.78, 5) is 26.2. The van der Waals surface area contributed by atoms with Gasteiger partial charge in [0.2, 0.25) is 5.91 Å². The van der Waals surface area contributed by atoms with Crippen LogP contribution in [0.5, 0.6) is 0 Å². The van der Waals surface area contributed by atoms with Crippen molar-refractivity contribution in [1.82, 2.24) is 10.9 Å². The second-order valence-electron chi connectivity index (χ2n) is 5.89. The Morgan fingerprint density at radius 1 is 1.04 bits per heavy atom. The van der Waals surface area contributed by atoms with Crippen LogP contribution in [0.2, 0.25) is 0 Å². The molecule has 0 saturated carbocycles. The third-order valence-electron chi connectivity index (χ3n) is 4.11. The van der Waals surface area contributed by atoms with E-state index in [9.17, 15) is 9.59 Å². The van der Waals surface area contributed by atoms with Crippen molar-refractivity contribution in [3.63, 3.8) is 0 Å². The minimum absolute atomic E-state index is 0.214. The van der Waals surface area contributed by atoms with Crippen LogP contribution in [0.1, 0.15) is 32.6 Å². The third-order valence-corrected chi connectivity index (χ3v) is 5.49. The van der Waals surface area contributed by atoms with Crippen molar-refractivity contribution >= 4 is 33.9 Å². The second kappa shape index (κ2) is 7.49. The number of amides is 2. The van der Waals surface area contributed by atoms with Crippen molar-refractivity contribution in [2.24, 2.45) is 0 Å². The summed E-state index contributed by atoms with van der Waals surface area (Å²) in [7, 11) is 0. The number of thiophene rings is 1. The Morgan fingerprint density at radius 3 is 2.56 bits per heavy atom. The summed E-state index contributed by atoms with van der Waals surface area (Å²) in [6, 6.07) is 15.7. The first kappa shape index (κ1) is 17.2. The molecule has 0 unspecified atom stereocenters. The average molecular weight is 352 g/mol. The Hall–Kier alpha value is -2.66. The van der Waals surface area contributed by atoms with Gasteiger partial charge >= 0.3 is 0 Å². The van der Waals surface area contributed by atoms with Crippen LogP contribution in [-0.4, -0.2) is 11.8 Å². The molecule has 4 nitrogen and oxygen atoms in total. The molecule has 128 valence electrons. The predicted molar refractivity (Wildman–Crippen MR) is 102 cm³/mol. The standard InChI is InChI=1S/C20H20N2O2S/c1-3-17-13(2)11-18(25-17)20(24)22-21-19(23)12-15-9-6-8-14-7-4-5-10-16(14)15/h4-11H,3,12H2,1-2H3,(H,21,23)(H,22,24). The molecule has 0 spiro atoms. The molecular weight excluding hydrogens is 332 g/mol. The highest BCUT2D eigenvalue weighted by molar-refractivity contribution is 7.14. The average Bonchev–Trinajstić information content (AvgIpc) is 3.01. The van der Waals surface area contributed by atoms with Crippen molar-refractivity contribution < 1.29 is 9.59 Å². The van der Waals surface area contributed by atoms with Crippen molar-refractivity contribution in [3.05, 3.63) is 69.4 Å². The molecule has 1 aromatic heterocycles. The van der Waals surface area contributed by atoms with Gasteiger partial charge in [-0.2, -0.15) is 0 Å². The van der Waals surface area contributed by atoms with Crippen molar-refractivity contribution in [3.8, 4) is 0 Å². The fourth-order valence-corrected chi connectivity index (χ4v) is 3.84. The predicted octanol–water partition coefficient (Wildman–Crippen LogP) is 3.78. The second-order valence-corrected chi connectivity index (χ2v) is 7.02. The van der Waals surface area contributed by atoms with E-state index in [1.165, 1.54) is 16.2 Å². The number of benzene rings is 2. The van der Waals surface area contributed by atoms with Crippen LogP contribution in [-0.2, 0) is 17.6 Å². The smallest absolute Gasteiger partial charge is 0.273 e. The van der Waals surface area contributed by atoms with E-state index in [2.05, 4.69) is 17.8 Å². The lowest BCUT2D eigenvalue weighted by Crippen LogP contribution is -2.42. The molecule has 2 amide bonds. The highest BCUT2D eigenvalue weighted by Gasteiger charge is 2.13. The molecule has 2 aromatic carbocycles. The Balaban J connectivity index is 1.63. The largest absolute Gasteiger partial charge is 0.279 e. The molecular formula is C20H20N2O2S. The maximum atomic E-state index is 12.2. The lowest BCUT2D eigenvalue weighted by atomic mass is 10.0. The molecule has 0 saturated heterocycles. The zero-order valence-corrected chi connectivity index (χ0v) is 15.1. The van der Waals surface area contributed by atoms with Gasteiger partial charge in [-0.25, -0.2) is 0 Å². The number of aryl methyl sites for hydroxylation is 2. The van der Waals surface area contributed by atoms with Gasteiger partial charge in [-0.05, 0) is 41.3 Å². The van der Waals surface area contributed by atoms with Gasteiger partial charge in [-0.1, -0.05) is 49.4 Å². The molecule has 1 heterocycles. The lowest BCUT2D eigenvalue weighted by molar-refractivity contribution is -0.121. The van der Waals surface area contributed by atoms with E-state index in [1.54, 1.807) is 0 Å². The van der Waals surface area contributed by atoms with Crippen LogP contribution < -0.4 is 10.9 Å². The van der Waals surface area contributed by atoms with Crippen LogP contribution in [0.4, 0.5) is 0 Å². The van der Waals surface area contributed by atoms with Gasteiger partial charge in [0.25, 0.3) is 5.91 Å². The normalized spacial score (nSPS) is 10.6. The van der Waals surface area contributed by atoms with E-state index >= 15 is 0 Å². The topological polar surface area (TPSA) is 58.2 Å². The van der Waals surface area contributed by atoms with E-state index in [4.69, 9.17) is 0 Å². The molecule has 0 aliphatic carbocycles. The Morgan fingerprint density at radius 2 is 1.80 bits per heavy atom. The van der Waals surface area contributed by atoms with E-state index < -0.39 is 0 Å². The quantitative estimate of drug-likeness (QED) is 0.702. The van der Waals surface area contributed by atoms with Gasteiger partial charge in [0.15, 0.2) is 0 Å². The van der Waals surface area contributed by atoms with E-state index in [-0.39, 0.29) is 18.2 Å². The summed E-state index contributed by atoms with van der Waals surface area (Å²) < 4.78 is 0. The maximum absolute atomic E-state index is 12.2. The Labute approximate surface area is 150 Å². The van der Waals surface area contributed by atoms with E-state index in [0.29, 0.717) is 4.88 Å². The number of hydrogen-bond acceptors (Lipinski definition) is 3. The first-order valence-corrected chi connectivity index (χ1v) is 9.05. The first-order chi connectivity index (χ1) is 12.1. The van der Waals surface area contributed by atoms with Crippen LogP contribution >= 0.6 is 11.3 Å². The maximum Gasteiger partial charge on any atom is 0.279 e. The zero-order valence-electron chi connectivity index (χ0n) is 14.3. The highest BCUT2D eigenvalue weighted by atomic mass is 32.1. The zero-order chi connectivity index (χ0) is 17.8. The van der Waals surface area contributed by atoms with Crippen LogP contribution in [0, 0.1) is 6.92 Å². The summed E-state index contributed by atoms with van der Waals surface area (Å²) in [5.74, 6) is -0.521. The Kier molecular flexibility index (Phi) is 5.14. The summed E-state index contributed by atoms with van der Waals surface area (Å²) in [5.41, 5.74) is 7.06. The number of nitrogens with one attached hydrogen (secondary N) is 2. The van der Waals surface area contributed by atoms with Gasteiger partial charge < -0.3 is 0 Å². The monoisotopic (exact) mass is 352 g/mol. The molecule has 25 heavy (non-hydrogen) atoms. The van der Waals surface area contributed by atoms with Gasteiger partial charge in [0, 0.05) is 4.88 Å². The summed E-state index contributed by atoms with van der Waals surface area (Å²) in [6.07, 6.45) is 1.11. The number of hydrazine groups is 1. The van der Waals surface area contributed by atoms with E-state index in [0.717, 1.165) is 28.3 Å². The number of carbonyl (C=O) groups excluding carboxylic acids is 2. The van der Waals surface area contributed by atoms with Gasteiger partial charge in [-0.3, -0.25) is 20.4 Å². The fraction of sp³-hybridized carbons (Fsp3) is 0.200. The first-order valence-electron chi connectivity index (χ1n) is 8.23. The molecule has 5 heteroatoms. The van der Waals surface area contributed by atoms with E-state index in [1.807, 2.05) is 55.5 Å². The summed E-state index contributed by atoms with van der Waals surface area (Å²) in [5, 5.41) is 2.14. The highest BCUT2D eigenvalue weighted by Crippen LogP contribution is 2.22. The minimum Gasteiger partial charge on any atom is -0.273 e. The SMILES string of the molecule is CCc1sc(C(=O)NNC(=O)Cc2cccc3ccccc23)cc1C. The van der Waals surface area contributed by atoms with Crippen molar-refractivity contribution in [1.29, 1.82) is 0 Å². The number of fused-ring (bicyclic) bond motifs is 1. The third kappa shape index (κ3) is 3.88. The molecule has 3 aromatic rings. The molecule has 0 bridgehead atoms. The van der Waals surface area contributed by atoms with Crippen LogP contribution in [0.3, 0.4) is 0 Å². The summed E-state index contributed by atoms with van der Waals surface area (Å²) >= 11 is 1.46. The molecule has 0 aliphatic rings. The summed E-state index contributed by atoms with van der Waals surface area (Å²) in [6.45, 7) is 4.05. The van der Waals surface area contributed by atoms with Crippen LogP contribution in [0.25, 0.3) is 10.8 Å².